The second-order valence-corrected chi connectivity index (χ2v) is 9.00. The number of nitrogens with one attached hydrogen (secondary N) is 2. The van der Waals surface area contributed by atoms with Gasteiger partial charge in [-0.05, 0) is 48.7 Å². The maximum atomic E-state index is 13.0. The normalized spacial score (nSPS) is 18.0. The third kappa shape index (κ3) is 4.21. The molecule has 0 atom stereocenters. The van der Waals surface area contributed by atoms with Gasteiger partial charge in [0, 0.05) is 25.7 Å². The minimum Gasteiger partial charge on any atom is -0.299 e. The van der Waals surface area contributed by atoms with Crippen LogP contribution in [-0.2, 0) is 16.6 Å². The van der Waals surface area contributed by atoms with Gasteiger partial charge in [0.25, 0.3) is 11.8 Å². The van der Waals surface area contributed by atoms with Crippen LogP contribution in [0.15, 0.2) is 47.4 Å². The number of amides is 2. The lowest BCUT2D eigenvalue weighted by molar-refractivity contribution is 0.0879. The van der Waals surface area contributed by atoms with Gasteiger partial charge < -0.3 is 0 Å². The molecule has 29 heavy (non-hydrogen) atoms. The molecule has 2 aliphatic rings. The second-order valence-electron chi connectivity index (χ2n) is 7.29. The van der Waals surface area contributed by atoms with Crippen molar-refractivity contribution in [1.82, 2.24) is 14.9 Å². The third-order valence-corrected chi connectivity index (χ3v) is 6.76. The molecular formula is C20H20FN3O4S. The van der Waals surface area contributed by atoms with Crippen LogP contribution in [0, 0.1) is 5.82 Å². The molecule has 0 aromatic heterocycles. The number of likely N-dealkylation sites (tertiary alicyclic amines) is 1. The van der Waals surface area contributed by atoms with Gasteiger partial charge >= 0.3 is 0 Å². The number of sulfonamides is 1. The summed E-state index contributed by atoms with van der Waals surface area (Å²) in [5.74, 6) is -1.37. The summed E-state index contributed by atoms with van der Waals surface area (Å²) >= 11 is 0. The van der Waals surface area contributed by atoms with Gasteiger partial charge in [0.1, 0.15) is 5.82 Å². The Hall–Kier alpha value is -2.62. The molecule has 2 aromatic rings. The van der Waals surface area contributed by atoms with E-state index < -0.39 is 21.8 Å². The lowest BCUT2D eigenvalue weighted by atomic mass is 10.1. The van der Waals surface area contributed by atoms with Crippen LogP contribution in [0.25, 0.3) is 0 Å². The molecule has 1 fully saturated rings. The largest absolute Gasteiger partial charge is 0.299 e. The van der Waals surface area contributed by atoms with Gasteiger partial charge in [-0.3, -0.25) is 19.8 Å². The smallest absolute Gasteiger partial charge is 0.258 e. The van der Waals surface area contributed by atoms with E-state index in [2.05, 4.69) is 14.9 Å². The summed E-state index contributed by atoms with van der Waals surface area (Å²) in [7, 11) is -3.81. The van der Waals surface area contributed by atoms with E-state index >= 15 is 0 Å². The van der Waals surface area contributed by atoms with Gasteiger partial charge in [-0.15, -0.1) is 0 Å². The number of halogens is 1. The van der Waals surface area contributed by atoms with Crippen molar-refractivity contribution in [2.24, 2.45) is 0 Å². The molecule has 0 aliphatic carbocycles. The van der Waals surface area contributed by atoms with Crippen molar-refractivity contribution in [3.8, 4) is 0 Å². The number of piperidine rings is 1. The molecule has 0 unspecified atom stereocenters. The molecule has 0 saturated carbocycles. The van der Waals surface area contributed by atoms with E-state index in [9.17, 15) is 22.4 Å². The van der Waals surface area contributed by atoms with Crippen molar-refractivity contribution >= 4 is 21.8 Å². The predicted octanol–water partition coefficient (Wildman–Crippen LogP) is 1.65. The summed E-state index contributed by atoms with van der Waals surface area (Å²) in [5.41, 5.74) is 1.27. The fourth-order valence-electron chi connectivity index (χ4n) is 3.66. The number of rotatable bonds is 5. The summed E-state index contributed by atoms with van der Waals surface area (Å²) in [5, 5.41) is 2.15. The Kier molecular flexibility index (Phi) is 5.20. The van der Waals surface area contributed by atoms with Crippen molar-refractivity contribution in [2.45, 2.75) is 30.3 Å². The molecule has 0 bridgehead atoms. The number of hydrogen-bond acceptors (Lipinski definition) is 5. The maximum Gasteiger partial charge on any atom is 0.258 e. The Morgan fingerprint density at radius 1 is 1.00 bits per heavy atom. The van der Waals surface area contributed by atoms with E-state index in [-0.39, 0.29) is 27.9 Å². The number of hydrogen-bond donors (Lipinski definition) is 2. The Morgan fingerprint density at radius 3 is 2.34 bits per heavy atom. The van der Waals surface area contributed by atoms with Crippen LogP contribution in [-0.4, -0.2) is 44.3 Å². The molecule has 7 nitrogen and oxygen atoms in total. The number of carbonyl (C=O) groups excluding carboxylic acids is 2. The highest BCUT2D eigenvalue weighted by molar-refractivity contribution is 7.89. The highest BCUT2D eigenvalue weighted by atomic mass is 32.2. The van der Waals surface area contributed by atoms with Gasteiger partial charge in [-0.2, -0.15) is 0 Å². The quantitative estimate of drug-likeness (QED) is 0.722. The first-order chi connectivity index (χ1) is 13.8. The van der Waals surface area contributed by atoms with E-state index in [1.54, 1.807) is 12.1 Å². The van der Waals surface area contributed by atoms with Crippen LogP contribution >= 0.6 is 0 Å². The third-order valence-electron chi connectivity index (χ3n) is 5.25. The molecule has 2 N–H and O–H groups in total. The first-order valence-corrected chi connectivity index (χ1v) is 10.8. The zero-order valence-electron chi connectivity index (χ0n) is 15.5. The summed E-state index contributed by atoms with van der Waals surface area (Å²) in [6.45, 7) is 2.12. The lowest BCUT2D eigenvalue weighted by Crippen LogP contribution is -2.44. The molecule has 2 aromatic carbocycles. The van der Waals surface area contributed by atoms with Crippen LogP contribution in [0.5, 0.6) is 0 Å². The number of imide groups is 1. The lowest BCUT2D eigenvalue weighted by Gasteiger charge is -2.32. The van der Waals surface area contributed by atoms with E-state index in [4.69, 9.17) is 0 Å². The number of benzene rings is 2. The average Bonchev–Trinajstić information content (AvgIpc) is 2.98. The standard InChI is InChI=1S/C20H20FN3O4S/c21-14-3-1-13(2-4-14)12-24-9-7-15(8-10-24)23-29(27,28)16-5-6-17-18(11-16)20(26)22-19(17)25/h1-6,11,15,23H,7-10,12H2,(H,22,25,26). The van der Waals surface area contributed by atoms with E-state index in [1.165, 1.54) is 30.3 Å². The highest BCUT2D eigenvalue weighted by Gasteiger charge is 2.30. The molecule has 2 amide bonds. The summed E-state index contributed by atoms with van der Waals surface area (Å²) < 4.78 is 41.1. The molecule has 152 valence electrons. The fourth-order valence-corrected chi connectivity index (χ4v) is 4.99. The van der Waals surface area contributed by atoms with Crippen LogP contribution in [0.1, 0.15) is 39.1 Å². The summed E-state index contributed by atoms with van der Waals surface area (Å²) in [6, 6.07) is 10.1. The van der Waals surface area contributed by atoms with Gasteiger partial charge in [0.05, 0.1) is 16.0 Å². The summed E-state index contributed by atoms with van der Waals surface area (Å²) in [6.07, 6.45) is 1.29. The van der Waals surface area contributed by atoms with E-state index in [0.29, 0.717) is 32.5 Å². The van der Waals surface area contributed by atoms with Crippen LogP contribution in [0.2, 0.25) is 0 Å². The van der Waals surface area contributed by atoms with Gasteiger partial charge in [0.15, 0.2) is 0 Å². The zero-order valence-corrected chi connectivity index (χ0v) is 16.3. The van der Waals surface area contributed by atoms with Crippen LogP contribution < -0.4 is 10.0 Å². The Balaban J connectivity index is 1.37. The highest BCUT2D eigenvalue weighted by Crippen LogP contribution is 2.22. The summed E-state index contributed by atoms with van der Waals surface area (Å²) in [4.78, 5) is 25.6. The predicted molar refractivity (Wildman–Crippen MR) is 103 cm³/mol. The Morgan fingerprint density at radius 2 is 1.66 bits per heavy atom. The zero-order chi connectivity index (χ0) is 20.6. The van der Waals surface area contributed by atoms with Gasteiger partial charge in [-0.25, -0.2) is 17.5 Å². The SMILES string of the molecule is O=C1NC(=O)c2cc(S(=O)(=O)NC3CCN(Cc4ccc(F)cc4)CC3)ccc21. The number of nitrogens with zero attached hydrogens (tertiary/aromatic N) is 1. The van der Waals surface area contributed by atoms with Crippen molar-refractivity contribution in [2.75, 3.05) is 13.1 Å². The molecule has 2 heterocycles. The molecule has 4 rings (SSSR count). The van der Waals surface area contributed by atoms with Crippen LogP contribution in [0.4, 0.5) is 4.39 Å². The first-order valence-electron chi connectivity index (χ1n) is 9.31. The molecule has 0 radical (unpaired) electrons. The number of carbonyl (C=O) groups is 2. The van der Waals surface area contributed by atoms with Crippen LogP contribution in [0.3, 0.4) is 0 Å². The van der Waals surface area contributed by atoms with E-state index in [0.717, 1.165) is 5.56 Å². The molecule has 2 aliphatic heterocycles. The van der Waals surface area contributed by atoms with Gasteiger partial charge in [0.2, 0.25) is 10.0 Å². The Bertz CT molecular complexity index is 1060. The second kappa shape index (κ2) is 7.66. The number of fused-ring (bicyclic) bond motifs is 1. The molecule has 0 spiro atoms. The maximum absolute atomic E-state index is 13.0. The first kappa shape index (κ1) is 19.7. The minimum absolute atomic E-state index is 0.0326. The Labute approximate surface area is 168 Å². The van der Waals surface area contributed by atoms with Crippen molar-refractivity contribution < 1.29 is 22.4 Å². The van der Waals surface area contributed by atoms with Gasteiger partial charge in [-0.1, -0.05) is 12.1 Å². The minimum atomic E-state index is -3.81. The average molecular weight is 417 g/mol. The molecular weight excluding hydrogens is 397 g/mol. The van der Waals surface area contributed by atoms with E-state index in [1.807, 2.05) is 0 Å². The van der Waals surface area contributed by atoms with Crippen molar-refractivity contribution in [3.63, 3.8) is 0 Å². The molecule has 9 heteroatoms. The fraction of sp³-hybridized carbons (Fsp3) is 0.300. The molecule has 1 saturated heterocycles. The monoisotopic (exact) mass is 417 g/mol. The topological polar surface area (TPSA) is 95.6 Å². The van der Waals surface area contributed by atoms with Crippen molar-refractivity contribution in [3.05, 3.63) is 65.0 Å². The van der Waals surface area contributed by atoms with Crippen molar-refractivity contribution in [1.29, 1.82) is 0 Å².